The van der Waals surface area contributed by atoms with E-state index in [1.807, 2.05) is 31.2 Å². The van der Waals surface area contributed by atoms with Gasteiger partial charge in [-0.05, 0) is 42.4 Å². The third-order valence-corrected chi connectivity index (χ3v) is 6.96. The molecule has 2 rings (SSSR count). The van der Waals surface area contributed by atoms with E-state index in [9.17, 15) is 18.0 Å². The van der Waals surface area contributed by atoms with Crippen LogP contribution in [0.4, 0.5) is 4.79 Å². The van der Waals surface area contributed by atoms with Crippen LogP contribution in [0.2, 0.25) is 0 Å². The molecule has 0 radical (unpaired) electrons. The molecule has 0 bridgehead atoms. The van der Waals surface area contributed by atoms with Gasteiger partial charge < -0.3 is 9.64 Å². The van der Waals surface area contributed by atoms with Gasteiger partial charge in [-0.2, -0.15) is 0 Å². The van der Waals surface area contributed by atoms with Gasteiger partial charge in [-0.1, -0.05) is 39.3 Å². The highest BCUT2D eigenvalue weighted by atomic mass is 32.2. The molecule has 0 spiro atoms. The SMILES string of the molecule is CC(C)COc1cccc([C@@H](C)CS(=O)(=O)CCCCCN2CCC(=O)NC2=O)c1. The van der Waals surface area contributed by atoms with Gasteiger partial charge in [0.2, 0.25) is 5.91 Å². The Hall–Kier alpha value is -2.09. The maximum atomic E-state index is 12.5. The van der Waals surface area contributed by atoms with Gasteiger partial charge in [0.1, 0.15) is 5.75 Å². The smallest absolute Gasteiger partial charge is 0.324 e. The van der Waals surface area contributed by atoms with Crippen LogP contribution in [0.15, 0.2) is 24.3 Å². The summed E-state index contributed by atoms with van der Waals surface area (Å²) in [6.45, 7) is 7.70. The molecule has 8 heteroatoms. The monoisotopic (exact) mass is 438 g/mol. The van der Waals surface area contributed by atoms with Crippen molar-refractivity contribution >= 4 is 21.8 Å². The van der Waals surface area contributed by atoms with Crippen molar-refractivity contribution in [1.82, 2.24) is 10.2 Å². The fourth-order valence-electron chi connectivity index (χ4n) is 3.35. The minimum atomic E-state index is -3.17. The number of sulfone groups is 1. The fourth-order valence-corrected chi connectivity index (χ4v) is 5.11. The lowest BCUT2D eigenvalue weighted by Crippen LogP contribution is -2.49. The summed E-state index contributed by atoms with van der Waals surface area (Å²) in [6, 6.07) is 7.31. The predicted molar refractivity (Wildman–Crippen MR) is 117 cm³/mol. The van der Waals surface area contributed by atoms with E-state index >= 15 is 0 Å². The van der Waals surface area contributed by atoms with E-state index in [4.69, 9.17) is 4.74 Å². The first-order valence-corrected chi connectivity index (χ1v) is 12.5. The van der Waals surface area contributed by atoms with E-state index in [1.165, 1.54) is 0 Å². The fraction of sp³-hybridized carbons (Fsp3) is 0.636. The summed E-state index contributed by atoms with van der Waals surface area (Å²) < 4.78 is 30.8. The van der Waals surface area contributed by atoms with Crippen LogP contribution >= 0.6 is 0 Å². The molecule has 3 amide bonds. The molecule has 1 fully saturated rings. The highest BCUT2D eigenvalue weighted by Gasteiger charge is 2.22. The Morgan fingerprint density at radius 1 is 1.13 bits per heavy atom. The summed E-state index contributed by atoms with van der Waals surface area (Å²) in [4.78, 5) is 24.4. The van der Waals surface area contributed by atoms with Crippen LogP contribution < -0.4 is 10.1 Å². The molecular weight excluding hydrogens is 404 g/mol. The third-order valence-electron chi connectivity index (χ3n) is 5.04. The molecule has 1 aromatic carbocycles. The predicted octanol–water partition coefficient (Wildman–Crippen LogP) is 3.35. The van der Waals surface area contributed by atoms with Crippen molar-refractivity contribution < 1.29 is 22.7 Å². The van der Waals surface area contributed by atoms with Gasteiger partial charge in [0.15, 0.2) is 9.84 Å². The number of amides is 3. The number of rotatable bonds is 12. The summed E-state index contributed by atoms with van der Waals surface area (Å²) >= 11 is 0. The Kier molecular flexibility index (Phi) is 9.14. The number of hydrogen-bond donors (Lipinski definition) is 1. The summed E-state index contributed by atoms with van der Waals surface area (Å²) in [5.74, 6) is 1.11. The summed E-state index contributed by atoms with van der Waals surface area (Å²) in [6.07, 6.45) is 2.34. The lowest BCUT2D eigenvalue weighted by molar-refractivity contribution is -0.121. The average Bonchev–Trinajstić information content (AvgIpc) is 2.67. The largest absolute Gasteiger partial charge is 0.493 e. The standard InChI is InChI=1S/C22H34N2O5S/c1-17(2)15-29-20-9-7-8-19(14-20)18(3)16-30(27,28)13-6-4-5-11-24-12-10-21(25)23-22(24)26/h7-9,14,17-18H,4-6,10-13,15-16H2,1-3H3,(H,23,25,26)/t18-/m0/s1. The number of hydrogen-bond acceptors (Lipinski definition) is 5. The van der Waals surface area contributed by atoms with E-state index in [1.54, 1.807) is 4.90 Å². The lowest BCUT2D eigenvalue weighted by atomic mass is 10.0. The number of imide groups is 1. The number of nitrogens with one attached hydrogen (secondary N) is 1. The summed E-state index contributed by atoms with van der Waals surface area (Å²) in [5, 5.41) is 2.29. The normalized spacial score (nSPS) is 15.9. The van der Waals surface area contributed by atoms with Crippen molar-refractivity contribution in [3.05, 3.63) is 29.8 Å². The van der Waals surface area contributed by atoms with Gasteiger partial charge in [-0.3, -0.25) is 10.1 Å². The molecule has 0 saturated carbocycles. The second kappa shape index (κ2) is 11.3. The zero-order valence-corrected chi connectivity index (χ0v) is 19.0. The molecule has 1 N–H and O–H groups in total. The Morgan fingerprint density at radius 3 is 2.60 bits per heavy atom. The van der Waals surface area contributed by atoms with Crippen LogP contribution in [0.25, 0.3) is 0 Å². The average molecular weight is 439 g/mol. The molecule has 1 saturated heterocycles. The Morgan fingerprint density at radius 2 is 1.90 bits per heavy atom. The first-order chi connectivity index (χ1) is 14.2. The first-order valence-electron chi connectivity index (χ1n) is 10.7. The number of benzene rings is 1. The van der Waals surface area contributed by atoms with Gasteiger partial charge in [-0.25, -0.2) is 13.2 Å². The van der Waals surface area contributed by atoms with Crippen molar-refractivity contribution in [3.63, 3.8) is 0 Å². The van der Waals surface area contributed by atoms with Crippen molar-refractivity contribution in [2.75, 3.05) is 31.2 Å². The number of urea groups is 1. The zero-order chi connectivity index (χ0) is 22.1. The Balaban J connectivity index is 1.73. The van der Waals surface area contributed by atoms with Crippen LogP contribution in [-0.4, -0.2) is 56.5 Å². The highest BCUT2D eigenvalue weighted by Crippen LogP contribution is 2.23. The molecule has 0 unspecified atom stereocenters. The molecular formula is C22H34N2O5S. The summed E-state index contributed by atoms with van der Waals surface area (Å²) in [7, 11) is -3.17. The molecule has 168 valence electrons. The second-order valence-corrected chi connectivity index (χ2v) is 10.7. The number of carbonyl (C=O) groups is 2. The van der Waals surface area contributed by atoms with E-state index in [0.717, 1.165) is 24.2 Å². The Bertz CT molecular complexity index is 823. The molecule has 1 atom stereocenters. The van der Waals surface area contributed by atoms with E-state index in [2.05, 4.69) is 19.2 Å². The van der Waals surface area contributed by atoms with Crippen molar-refractivity contribution in [2.45, 2.75) is 52.4 Å². The number of carbonyl (C=O) groups excluding carboxylic acids is 2. The maximum Gasteiger partial charge on any atom is 0.324 e. The summed E-state index contributed by atoms with van der Waals surface area (Å²) in [5.41, 5.74) is 0.963. The number of unbranched alkanes of at least 4 members (excludes halogenated alkanes) is 2. The van der Waals surface area contributed by atoms with Crippen molar-refractivity contribution in [3.8, 4) is 5.75 Å². The number of nitrogens with zero attached hydrogens (tertiary/aromatic N) is 1. The van der Waals surface area contributed by atoms with Crippen LogP contribution in [0.1, 0.15) is 57.9 Å². The van der Waals surface area contributed by atoms with E-state index in [-0.39, 0.29) is 29.4 Å². The molecule has 1 aliphatic heterocycles. The maximum absolute atomic E-state index is 12.5. The number of ether oxygens (including phenoxy) is 1. The molecule has 0 aromatic heterocycles. The molecule has 1 heterocycles. The highest BCUT2D eigenvalue weighted by molar-refractivity contribution is 7.91. The zero-order valence-electron chi connectivity index (χ0n) is 18.2. The van der Waals surface area contributed by atoms with Gasteiger partial charge >= 0.3 is 6.03 Å². The second-order valence-electron chi connectivity index (χ2n) is 8.44. The van der Waals surface area contributed by atoms with Gasteiger partial charge in [0.05, 0.1) is 18.1 Å². The third kappa shape index (κ3) is 8.34. The van der Waals surface area contributed by atoms with Crippen LogP contribution in [0, 0.1) is 5.92 Å². The topological polar surface area (TPSA) is 92.8 Å². The molecule has 1 aromatic rings. The van der Waals surface area contributed by atoms with Crippen LogP contribution in [0.5, 0.6) is 5.75 Å². The van der Waals surface area contributed by atoms with Gasteiger partial charge in [0, 0.05) is 19.5 Å². The Labute approximate surface area is 180 Å². The van der Waals surface area contributed by atoms with Crippen molar-refractivity contribution in [2.24, 2.45) is 5.92 Å². The van der Waals surface area contributed by atoms with E-state index < -0.39 is 9.84 Å². The minimum Gasteiger partial charge on any atom is -0.493 e. The van der Waals surface area contributed by atoms with E-state index in [0.29, 0.717) is 38.5 Å². The molecule has 0 aliphatic carbocycles. The molecule has 30 heavy (non-hydrogen) atoms. The first kappa shape index (κ1) is 24.2. The van der Waals surface area contributed by atoms with Gasteiger partial charge in [-0.15, -0.1) is 0 Å². The van der Waals surface area contributed by atoms with Crippen LogP contribution in [-0.2, 0) is 14.6 Å². The van der Waals surface area contributed by atoms with Crippen LogP contribution in [0.3, 0.4) is 0 Å². The molecule has 7 nitrogen and oxygen atoms in total. The van der Waals surface area contributed by atoms with Gasteiger partial charge in [0.25, 0.3) is 0 Å². The minimum absolute atomic E-state index is 0.104. The lowest BCUT2D eigenvalue weighted by Gasteiger charge is -2.26. The quantitative estimate of drug-likeness (QED) is 0.505. The van der Waals surface area contributed by atoms with Crippen molar-refractivity contribution in [1.29, 1.82) is 0 Å². The molecule has 1 aliphatic rings.